The van der Waals surface area contributed by atoms with Crippen LogP contribution >= 0.6 is 0 Å². The number of halogens is 2. The van der Waals surface area contributed by atoms with Crippen LogP contribution in [0.15, 0.2) is 36.7 Å². The molecule has 3 aliphatic carbocycles. The highest BCUT2D eigenvalue weighted by Gasteiger charge is 2.97. The lowest BCUT2D eigenvalue weighted by Crippen LogP contribution is -2.13. The topological polar surface area (TPSA) is 52.1 Å². The average molecular weight is 441 g/mol. The third-order valence-electron chi connectivity index (χ3n) is 7.76. The summed E-state index contributed by atoms with van der Waals surface area (Å²) in [5.41, 5.74) is 0.634. The molecule has 0 aliphatic heterocycles. The average Bonchev–Trinajstić information content (AvgIpc) is 3.72. The van der Waals surface area contributed by atoms with E-state index >= 15 is 0 Å². The number of hydrogen-bond acceptors (Lipinski definition) is 4. The molecule has 170 valence electrons. The first-order valence-electron chi connectivity index (χ1n) is 11.9. The molecule has 6 heteroatoms. The van der Waals surface area contributed by atoms with E-state index in [9.17, 15) is 13.6 Å². The molecule has 4 nitrogen and oxygen atoms in total. The second-order valence-corrected chi connectivity index (χ2v) is 9.93. The van der Waals surface area contributed by atoms with Gasteiger partial charge in [0.1, 0.15) is 5.75 Å². The van der Waals surface area contributed by atoms with Gasteiger partial charge in [-0.25, -0.2) is 18.7 Å². The first kappa shape index (κ1) is 21.5. The molecule has 2 aromatic rings. The molecule has 0 unspecified atom stereocenters. The zero-order valence-corrected chi connectivity index (χ0v) is 18.6. The zero-order valence-electron chi connectivity index (χ0n) is 18.6. The van der Waals surface area contributed by atoms with Crippen molar-refractivity contribution in [2.75, 3.05) is 0 Å². The van der Waals surface area contributed by atoms with Crippen LogP contribution in [0, 0.1) is 16.7 Å². The minimum absolute atomic E-state index is 0.0593. The van der Waals surface area contributed by atoms with E-state index in [0.717, 1.165) is 24.0 Å². The summed E-state index contributed by atoms with van der Waals surface area (Å²) in [5, 5.41) is 0. The molecule has 3 saturated carbocycles. The third-order valence-corrected chi connectivity index (χ3v) is 7.76. The Labute approximate surface area is 187 Å². The molecule has 3 atom stereocenters. The highest BCUT2D eigenvalue weighted by Crippen LogP contribution is 2.95. The summed E-state index contributed by atoms with van der Waals surface area (Å²) in [4.78, 5) is 21.4. The maximum atomic E-state index is 13.6. The lowest BCUT2D eigenvalue weighted by atomic mass is 10.1. The summed E-state index contributed by atoms with van der Waals surface area (Å²) in [7, 11) is 0. The van der Waals surface area contributed by atoms with Gasteiger partial charge in [-0.05, 0) is 60.9 Å². The first-order valence-corrected chi connectivity index (χ1v) is 11.9. The molecule has 0 radical (unpaired) electrons. The van der Waals surface area contributed by atoms with Crippen LogP contribution in [-0.4, -0.2) is 21.9 Å². The van der Waals surface area contributed by atoms with E-state index in [2.05, 4.69) is 16.9 Å². The Hall–Kier alpha value is -2.37. The quantitative estimate of drug-likeness (QED) is 0.244. The normalized spacial score (nSPS) is 28.7. The number of nitrogens with zero attached hydrogens (tertiary/aromatic N) is 2. The molecule has 1 aromatic carbocycles. The Morgan fingerprint density at radius 1 is 1.03 bits per heavy atom. The number of aromatic nitrogens is 2. The zero-order chi connectivity index (χ0) is 22.4. The van der Waals surface area contributed by atoms with Crippen LogP contribution in [0.3, 0.4) is 0 Å². The van der Waals surface area contributed by atoms with Gasteiger partial charge < -0.3 is 4.74 Å². The van der Waals surface area contributed by atoms with Crippen molar-refractivity contribution in [3.05, 3.63) is 42.2 Å². The maximum absolute atomic E-state index is 13.6. The lowest BCUT2D eigenvalue weighted by molar-refractivity contribution is -0.136. The molecule has 3 fully saturated rings. The standard InChI is InChI=1S/C26H30F2N2O2/c1-2-3-4-5-6-7-8-18-14-29-22(30-15-18)19-9-11-20(12-10-19)32-23(31)21-13-24(21)16-25(24)17-26(25,27)28/h9-12,14-15,21H,2-8,13,16-17H2,1H3/t21-,24-,25-/m0/s1. The predicted molar refractivity (Wildman–Crippen MR) is 117 cm³/mol. The van der Waals surface area contributed by atoms with Crippen molar-refractivity contribution in [3.63, 3.8) is 0 Å². The summed E-state index contributed by atoms with van der Waals surface area (Å²) in [6, 6.07) is 7.07. The second-order valence-electron chi connectivity index (χ2n) is 9.93. The molecular formula is C26H30F2N2O2. The van der Waals surface area contributed by atoms with Crippen molar-refractivity contribution in [2.45, 2.75) is 77.1 Å². The molecule has 32 heavy (non-hydrogen) atoms. The number of rotatable bonds is 10. The minimum atomic E-state index is -2.58. The highest BCUT2D eigenvalue weighted by molar-refractivity contribution is 5.81. The molecule has 0 bridgehead atoms. The van der Waals surface area contributed by atoms with E-state index in [1.807, 2.05) is 24.5 Å². The van der Waals surface area contributed by atoms with Crippen molar-refractivity contribution < 1.29 is 18.3 Å². The van der Waals surface area contributed by atoms with E-state index in [-0.39, 0.29) is 18.3 Å². The van der Waals surface area contributed by atoms with E-state index in [0.29, 0.717) is 24.4 Å². The summed E-state index contributed by atoms with van der Waals surface area (Å²) < 4.78 is 32.6. The van der Waals surface area contributed by atoms with Gasteiger partial charge in [-0.1, -0.05) is 39.0 Å². The Bertz CT molecular complexity index is 992. The van der Waals surface area contributed by atoms with Crippen LogP contribution in [0.1, 0.15) is 70.3 Å². The van der Waals surface area contributed by atoms with Gasteiger partial charge in [0.2, 0.25) is 0 Å². The van der Waals surface area contributed by atoms with Crippen molar-refractivity contribution >= 4 is 5.97 Å². The molecule has 1 aromatic heterocycles. The number of unbranched alkanes of at least 4 members (excludes halogenated alkanes) is 5. The van der Waals surface area contributed by atoms with E-state index in [4.69, 9.17) is 4.74 Å². The van der Waals surface area contributed by atoms with Crippen LogP contribution in [0.5, 0.6) is 5.75 Å². The number of aryl methyl sites for hydroxylation is 1. The molecule has 0 N–H and O–H groups in total. The van der Waals surface area contributed by atoms with Crippen molar-refractivity contribution in [1.82, 2.24) is 9.97 Å². The van der Waals surface area contributed by atoms with Crippen molar-refractivity contribution in [3.8, 4) is 17.1 Å². The van der Waals surface area contributed by atoms with Gasteiger partial charge in [-0.2, -0.15) is 0 Å². The van der Waals surface area contributed by atoms with Crippen LogP contribution in [0.25, 0.3) is 11.4 Å². The van der Waals surface area contributed by atoms with Gasteiger partial charge >= 0.3 is 5.97 Å². The summed E-state index contributed by atoms with van der Waals surface area (Å²) in [6.45, 7) is 2.23. The Morgan fingerprint density at radius 3 is 2.31 bits per heavy atom. The van der Waals surface area contributed by atoms with Gasteiger partial charge in [0.05, 0.1) is 5.92 Å². The van der Waals surface area contributed by atoms with Crippen LogP contribution < -0.4 is 4.74 Å². The monoisotopic (exact) mass is 440 g/mol. The predicted octanol–water partition coefficient (Wildman–Crippen LogP) is 6.39. The smallest absolute Gasteiger partial charge is 0.314 e. The fourth-order valence-electron chi connectivity index (χ4n) is 5.50. The number of fused-ring (bicyclic) bond motifs is 1. The number of carbonyl (C=O) groups is 1. The molecular weight excluding hydrogens is 410 g/mol. The van der Waals surface area contributed by atoms with Crippen LogP contribution in [-0.2, 0) is 11.2 Å². The van der Waals surface area contributed by atoms with Gasteiger partial charge in [0, 0.05) is 29.8 Å². The van der Waals surface area contributed by atoms with Gasteiger partial charge in [-0.3, -0.25) is 4.79 Å². The number of esters is 1. The first-order chi connectivity index (χ1) is 15.4. The maximum Gasteiger partial charge on any atom is 0.314 e. The van der Waals surface area contributed by atoms with Gasteiger partial charge in [0.15, 0.2) is 5.82 Å². The molecule has 5 rings (SSSR count). The number of hydrogen-bond donors (Lipinski definition) is 0. The number of carbonyl (C=O) groups excluding carboxylic acids is 1. The molecule has 3 aliphatic rings. The number of alkyl halides is 2. The fourth-order valence-corrected chi connectivity index (χ4v) is 5.50. The SMILES string of the molecule is CCCCCCCCc1cnc(-c2ccc(OC(=O)[C@@H]3C[C@]34C[C@]43CC3(F)F)cc2)nc1. The molecule has 2 spiro atoms. The van der Waals surface area contributed by atoms with Gasteiger partial charge in [-0.15, -0.1) is 0 Å². The summed E-state index contributed by atoms with van der Waals surface area (Å²) in [5.74, 6) is -2.27. The molecule has 0 saturated heterocycles. The van der Waals surface area contributed by atoms with Crippen molar-refractivity contribution in [1.29, 1.82) is 0 Å². The van der Waals surface area contributed by atoms with Crippen LogP contribution in [0.4, 0.5) is 8.78 Å². The highest BCUT2D eigenvalue weighted by atomic mass is 19.3. The fraction of sp³-hybridized carbons (Fsp3) is 0.577. The third kappa shape index (κ3) is 3.71. The van der Waals surface area contributed by atoms with E-state index in [1.54, 1.807) is 12.1 Å². The van der Waals surface area contributed by atoms with E-state index in [1.165, 1.54) is 32.1 Å². The minimum Gasteiger partial charge on any atom is -0.426 e. The van der Waals surface area contributed by atoms with Gasteiger partial charge in [0.25, 0.3) is 5.92 Å². The lowest BCUT2D eigenvalue weighted by Gasteiger charge is -2.06. The van der Waals surface area contributed by atoms with Crippen LogP contribution in [0.2, 0.25) is 0 Å². The Morgan fingerprint density at radius 2 is 1.69 bits per heavy atom. The number of ether oxygens (including phenoxy) is 1. The second kappa shape index (κ2) is 7.89. The number of benzene rings is 1. The Kier molecular flexibility index (Phi) is 5.30. The van der Waals surface area contributed by atoms with Crippen molar-refractivity contribution in [2.24, 2.45) is 16.7 Å². The van der Waals surface area contributed by atoms with E-state index < -0.39 is 16.8 Å². The summed E-state index contributed by atoms with van der Waals surface area (Å²) in [6.07, 6.45) is 13.3. The molecule has 1 heterocycles. The Balaban J connectivity index is 1.10. The largest absolute Gasteiger partial charge is 0.426 e. The summed E-state index contributed by atoms with van der Waals surface area (Å²) >= 11 is 0. The molecule has 0 amide bonds.